The van der Waals surface area contributed by atoms with Gasteiger partial charge in [-0.2, -0.15) is 0 Å². The molecule has 80 valence electrons. The van der Waals surface area contributed by atoms with Crippen LogP contribution in [0, 0.1) is 0 Å². The van der Waals surface area contributed by atoms with Crippen LogP contribution in [0.2, 0.25) is 0 Å². The van der Waals surface area contributed by atoms with Crippen molar-refractivity contribution in [3.05, 3.63) is 12.8 Å². The predicted molar refractivity (Wildman–Crippen MR) is 51.4 cm³/mol. The first-order valence-corrected chi connectivity index (χ1v) is 4.60. The summed E-state index contributed by atoms with van der Waals surface area (Å²) in [6, 6.07) is 0. The molecule has 0 N–H and O–H groups in total. The number of cyclic esters (lactones) is 1. The molecule has 14 heavy (non-hydrogen) atoms. The van der Waals surface area contributed by atoms with Gasteiger partial charge in [0.05, 0.1) is 12.9 Å². The fraction of sp³-hybridized carbons (Fsp3) is 0.600. The quantitative estimate of drug-likeness (QED) is 0.478. The largest absolute Gasteiger partial charge is 0.466 e. The molecular weight excluding hydrogens is 184 g/mol. The Labute approximate surface area is 83.9 Å². The maximum absolute atomic E-state index is 10.5. The highest BCUT2D eigenvalue weighted by atomic mass is 16.5. The highest BCUT2D eigenvalue weighted by molar-refractivity contribution is 5.69. The topological polar surface area (TPSA) is 52.6 Å². The molecule has 0 aromatic heterocycles. The zero-order valence-electron chi connectivity index (χ0n) is 8.45. The summed E-state index contributed by atoms with van der Waals surface area (Å²) in [5, 5.41) is 0. The van der Waals surface area contributed by atoms with Crippen LogP contribution in [0.15, 0.2) is 12.8 Å². The van der Waals surface area contributed by atoms with Crippen LogP contribution in [0.5, 0.6) is 0 Å². The molecule has 0 amide bonds. The molecule has 1 rings (SSSR count). The van der Waals surface area contributed by atoms with E-state index in [1.54, 1.807) is 0 Å². The number of hydrogen-bond acceptors (Lipinski definition) is 4. The molecule has 1 saturated heterocycles. The van der Waals surface area contributed by atoms with Crippen LogP contribution in [-0.4, -0.2) is 18.5 Å². The van der Waals surface area contributed by atoms with Crippen molar-refractivity contribution in [1.82, 2.24) is 0 Å². The second-order valence-corrected chi connectivity index (χ2v) is 2.81. The number of hydrogen-bond donors (Lipinski definition) is 0. The molecule has 0 spiro atoms. The lowest BCUT2D eigenvalue weighted by molar-refractivity contribution is -0.142. The van der Waals surface area contributed by atoms with Gasteiger partial charge in [0.2, 0.25) is 0 Å². The molecule has 0 atom stereocenters. The molecule has 4 nitrogen and oxygen atoms in total. The molecule has 1 fully saturated rings. The molecule has 0 radical (unpaired) electrons. The fourth-order valence-electron chi connectivity index (χ4n) is 0.924. The Kier molecular flexibility index (Phi) is 7.50. The number of carbonyl (C=O) groups excluding carboxylic acids is 2. The van der Waals surface area contributed by atoms with Crippen molar-refractivity contribution in [2.24, 2.45) is 0 Å². The molecule has 0 aromatic rings. The van der Waals surface area contributed by atoms with Gasteiger partial charge in [-0.05, 0) is 19.3 Å². The van der Waals surface area contributed by atoms with E-state index < -0.39 is 0 Å². The van der Waals surface area contributed by atoms with Gasteiger partial charge < -0.3 is 9.47 Å². The molecular formula is C10H16O4. The molecule has 4 heteroatoms. The Morgan fingerprint density at radius 1 is 1.50 bits per heavy atom. The summed E-state index contributed by atoms with van der Waals surface area (Å²) >= 11 is 0. The van der Waals surface area contributed by atoms with Crippen molar-refractivity contribution in [3.8, 4) is 0 Å². The SMILES string of the molecule is C=COC(C)=O.O=C1CCCCCO1. The molecule has 0 aromatic carbocycles. The lowest BCUT2D eigenvalue weighted by atomic mass is 10.2. The Morgan fingerprint density at radius 3 is 2.71 bits per heavy atom. The lowest BCUT2D eigenvalue weighted by Crippen LogP contribution is -2.00. The molecule has 1 aliphatic heterocycles. The van der Waals surface area contributed by atoms with Crippen LogP contribution in [0.3, 0.4) is 0 Å². The highest BCUT2D eigenvalue weighted by Crippen LogP contribution is 2.06. The van der Waals surface area contributed by atoms with Crippen LogP contribution in [-0.2, 0) is 19.1 Å². The van der Waals surface area contributed by atoms with Crippen molar-refractivity contribution >= 4 is 11.9 Å². The number of ether oxygens (including phenoxy) is 2. The van der Waals surface area contributed by atoms with Crippen molar-refractivity contribution in [3.63, 3.8) is 0 Å². The van der Waals surface area contributed by atoms with Crippen LogP contribution in [0.1, 0.15) is 32.6 Å². The second-order valence-electron chi connectivity index (χ2n) is 2.81. The summed E-state index contributed by atoms with van der Waals surface area (Å²) in [5.41, 5.74) is 0. The molecule has 0 unspecified atom stereocenters. The van der Waals surface area contributed by atoms with Crippen molar-refractivity contribution in [2.75, 3.05) is 6.61 Å². The van der Waals surface area contributed by atoms with E-state index in [4.69, 9.17) is 4.74 Å². The summed E-state index contributed by atoms with van der Waals surface area (Å²) < 4.78 is 8.93. The first-order chi connectivity index (χ1) is 6.66. The van der Waals surface area contributed by atoms with Crippen molar-refractivity contribution in [2.45, 2.75) is 32.6 Å². The van der Waals surface area contributed by atoms with E-state index in [1.807, 2.05) is 0 Å². The molecule has 0 bridgehead atoms. The molecule has 0 saturated carbocycles. The van der Waals surface area contributed by atoms with Gasteiger partial charge >= 0.3 is 11.9 Å². The Balaban J connectivity index is 0.000000255. The Morgan fingerprint density at radius 2 is 2.21 bits per heavy atom. The van der Waals surface area contributed by atoms with Gasteiger partial charge in [-0.15, -0.1) is 0 Å². The van der Waals surface area contributed by atoms with E-state index in [0.717, 1.165) is 25.5 Å². The van der Waals surface area contributed by atoms with Gasteiger partial charge in [-0.25, -0.2) is 0 Å². The van der Waals surface area contributed by atoms with E-state index in [-0.39, 0.29) is 11.9 Å². The average Bonchev–Trinajstić information content (AvgIpc) is 2.33. The number of carbonyl (C=O) groups is 2. The molecule has 0 aliphatic carbocycles. The smallest absolute Gasteiger partial charge is 0.307 e. The van der Waals surface area contributed by atoms with E-state index >= 15 is 0 Å². The third kappa shape index (κ3) is 8.77. The molecule has 1 heterocycles. The Bertz CT molecular complexity index is 188. The normalized spacial score (nSPS) is 15.4. The predicted octanol–water partition coefficient (Wildman–Crippen LogP) is 1.80. The summed E-state index contributed by atoms with van der Waals surface area (Å²) in [6.07, 6.45) is 4.93. The minimum Gasteiger partial charge on any atom is -0.466 e. The van der Waals surface area contributed by atoms with Crippen LogP contribution >= 0.6 is 0 Å². The van der Waals surface area contributed by atoms with Crippen molar-refractivity contribution in [1.29, 1.82) is 0 Å². The Hall–Kier alpha value is -1.32. The maximum atomic E-state index is 10.5. The second kappa shape index (κ2) is 8.29. The number of esters is 2. The van der Waals surface area contributed by atoms with E-state index in [9.17, 15) is 9.59 Å². The van der Waals surface area contributed by atoms with Gasteiger partial charge in [0.1, 0.15) is 0 Å². The summed E-state index contributed by atoms with van der Waals surface area (Å²) in [5.74, 6) is -0.354. The third-order valence-electron chi connectivity index (χ3n) is 1.54. The van der Waals surface area contributed by atoms with Gasteiger partial charge in [0.25, 0.3) is 0 Å². The third-order valence-corrected chi connectivity index (χ3v) is 1.54. The van der Waals surface area contributed by atoms with E-state index in [1.165, 1.54) is 6.92 Å². The first kappa shape index (κ1) is 12.7. The standard InChI is InChI=1S/C6H10O2.C4H6O2/c7-6-4-2-1-3-5-8-6;1-3-6-4(2)5/h1-5H2;3H,1H2,2H3. The minimum absolute atomic E-state index is 0.0255. The summed E-state index contributed by atoms with van der Waals surface area (Å²) in [7, 11) is 0. The fourth-order valence-corrected chi connectivity index (χ4v) is 0.924. The van der Waals surface area contributed by atoms with E-state index in [2.05, 4.69) is 11.3 Å². The number of rotatable bonds is 1. The van der Waals surface area contributed by atoms with Gasteiger partial charge in [-0.1, -0.05) is 6.58 Å². The van der Waals surface area contributed by atoms with Crippen LogP contribution in [0.4, 0.5) is 0 Å². The van der Waals surface area contributed by atoms with E-state index in [0.29, 0.717) is 13.0 Å². The molecule has 1 aliphatic rings. The first-order valence-electron chi connectivity index (χ1n) is 4.60. The lowest BCUT2D eigenvalue weighted by Gasteiger charge is -1.93. The van der Waals surface area contributed by atoms with Gasteiger partial charge in [0, 0.05) is 13.3 Å². The maximum Gasteiger partial charge on any atom is 0.307 e. The van der Waals surface area contributed by atoms with Crippen LogP contribution in [0.25, 0.3) is 0 Å². The highest BCUT2D eigenvalue weighted by Gasteiger charge is 2.05. The van der Waals surface area contributed by atoms with Crippen molar-refractivity contribution < 1.29 is 19.1 Å². The summed E-state index contributed by atoms with van der Waals surface area (Å²) in [4.78, 5) is 20.2. The monoisotopic (exact) mass is 200 g/mol. The zero-order chi connectivity index (χ0) is 10.8. The average molecular weight is 200 g/mol. The minimum atomic E-state index is -0.329. The zero-order valence-corrected chi connectivity index (χ0v) is 8.45. The van der Waals surface area contributed by atoms with Crippen LogP contribution < -0.4 is 0 Å². The summed E-state index contributed by atoms with van der Waals surface area (Å²) in [6.45, 7) is 5.12. The van der Waals surface area contributed by atoms with Gasteiger partial charge in [-0.3, -0.25) is 9.59 Å². The van der Waals surface area contributed by atoms with Gasteiger partial charge in [0.15, 0.2) is 0 Å².